The van der Waals surface area contributed by atoms with Crippen molar-refractivity contribution in [2.75, 3.05) is 14.2 Å². The number of ether oxygens (including phenoxy) is 2. The van der Waals surface area contributed by atoms with Gasteiger partial charge in [-0.3, -0.25) is 9.59 Å². The van der Waals surface area contributed by atoms with E-state index in [2.05, 4.69) is 0 Å². The summed E-state index contributed by atoms with van der Waals surface area (Å²) in [7, 11) is 2.85. The largest absolute Gasteiger partial charge is 0.469 e. The van der Waals surface area contributed by atoms with Gasteiger partial charge in [0.05, 0.1) is 25.0 Å². The molecule has 0 radical (unpaired) electrons. The van der Waals surface area contributed by atoms with Crippen LogP contribution in [0.15, 0.2) is 0 Å². The van der Waals surface area contributed by atoms with Crippen LogP contribution in [0.4, 0.5) is 0 Å². The third kappa shape index (κ3) is 0.621. The highest BCUT2D eigenvalue weighted by molar-refractivity contribution is 5.94. The third-order valence-corrected chi connectivity index (χ3v) is 4.95. The molecule has 0 aromatic rings. The molecule has 5 aliphatic rings. The molecule has 4 nitrogen and oxygen atoms in total. The second-order valence-electron chi connectivity index (χ2n) is 4.92. The summed E-state index contributed by atoms with van der Waals surface area (Å²) >= 11 is 0. The summed E-state index contributed by atoms with van der Waals surface area (Å²) < 4.78 is 9.69. The van der Waals surface area contributed by atoms with E-state index < -0.39 is 0 Å². The smallest absolute Gasteiger partial charge is 0.312 e. The summed E-state index contributed by atoms with van der Waals surface area (Å²) in [6.45, 7) is 0. The van der Waals surface area contributed by atoms with Crippen molar-refractivity contribution in [3.05, 3.63) is 0 Å². The highest BCUT2D eigenvalue weighted by atomic mass is 16.5. The maximum absolute atomic E-state index is 11.7. The van der Waals surface area contributed by atoms with Gasteiger partial charge in [-0.25, -0.2) is 0 Å². The number of methoxy groups -OCH3 is 2. The Hall–Kier alpha value is -1.06. The number of rotatable bonds is 2. The fraction of sp³-hybridized carbons (Fsp3) is 0.818. The number of carbonyl (C=O) groups is 2. The summed E-state index contributed by atoms with van der Waals surface area (Å²) in [5, 5.41) is 0. The lowest BCUT2D eigenvalue weighted by Crippen LogP contribution is -2.79. The minimum absolute atomic E-state index is 0.124. The van der Waals surface area contributed by atoms with Crippen molar-refractivity contribution >= 4 is 11.9 Å². The van der Waals surface area contributed by atoms with Crippen LogP contribution in [0, 0.1) is 22.7 Å². The lowest BCUT2D eigenvalue weighted by atomic mass is 9.27. The Bertz CT molecular complexity index is 318. The molecular formula is C11H14O4. The van der Waals surface area contributed by atoms with Crippen molar-refractivity contribution in [1.29, 1.82) is 0 Å². The topological polar surface area (TPSA) is 52.6 Å². The average Bonchev–Trinajstić information content (AvgIpc) is 2.70. The Balaban J connectivity index is 1.90. The van der Waals surface area contributed by atoms with Crippen molar-refractivity contribution < 1.29 is 19.1 Å². The van der Waals surface area contributed by atoms with Gasteiger partial charge >= 0.3 is 11.9 Å². The quantitative estimate of drug-likeness (QED) is 0.631. The molecule has 0 amide bonds. The zero-order chi connectivity index (χ0) is 10.8. The van der Waals surface area contributed by atoms with Gasteiger partial charge in [0.15, 0.2) is 0 Å². The Morgan fingerprint density at radius 1 is 1.00 bits per heavy atom. The molecule has 0 heterocycles. The van der Waals surface area contributed by atoms with Crippen molar-refractivity contribution in [3.63, 3.8) is 0 Å². The zero-order valence-corrected chi connectivity index (χ0v) is 8.91. The van der Waals surface area contributed by atoms with Crippen molar-refractivity contribution in [1.82, 2.24) is 0 Å². The van der Waals surface area contributed by atoms with E-state index in [1.54, 1.807) is 0 Å². The SMILES string of the molecule is COC(=O)C12CC3(C(=O)OC)C1CCC23. The predicted octanol–water partition coefficient (Wildman–Crippen LogP) is 0.749. The first-order valence-electron chi connectivity index (χ1n) is 5.31. The van der Waals surface area contributed by atoms with E-state index >= 15 is 0 Å². The Kier molecular flexibility index (Phi) is 1.45. The lowest BCUT2D eigenvalue weighted by Gasteiger charge is -2.73. The molecule has 0 aliphatic heterocycles. The van der Waals surface area contributed by atoms with Crippen LogP contribution >= 0.6 is 0 Å². The molecule has 15 heavy (non-hydrogen) atoms. The van der Waals surface area contributed by atoms with Gasteiger partial charge in [0.25, 0.3) is 0 Å². The fourth-order valence-electron chi connectivity index (χ4n) is 4.48. The summed E-state index contributed by atoms with van der Waals surface area (Å²) in [6, 6.07) is 0. The van der Waals surface area contributed by atoms with E-state index in [0.29, 0.717) is 6.42 Å². The van der Waals surface area contributed by atoms with Crippen LogP contribution in [0.1, 0.15) is 19.3 Å². The highest BCUT2D eigenvalue weighted by Gasteiger charge is 2.91. The minimum Gasteiger partial charge on any atom is -0.469 e. The molecule has 5 saturated carbocycles. The first kappa shape index (κ1) is 9.19. The average molecular weight is 210 g/mol. The number of esters is 2. The predicted molar refractivity (Wildman–Crippen MR) is 49.7 cm³/mol. The maximum atomic E-state index is 11.7. The third-order valence-electron chi connectivity index (χ3n) is 4.95. The summed E-state index contributed by atoms with van der Waals surface area (Å²) in [4.78, 5) is 23.4. The molecule has 0 aromatic heterocycles. The van der Waals surface area contributed by atoms with E-state index in [9.17, 15) is 9.59 Å². The van der Waals surface area contributed by atoms with Crippen LogP contribution in [0.25, 0.3) is 0 Å². The van der Waals surface area contributed by atoms with E-state index in [4.69, 9.17) is 9.47 Å². The Morgan fingerprint density at radius 2 is 1.40 bits per heavy atom. The maximum Gasteiger partial charge on any atom is 0.312 e. The normalized spacial score (nSPS) is 48.9. The second-order valence-corrected chi connectivity index (χ2v) is 4.92. The number of carbonyl (C=O) groups excluding carboxylic acids is 2. The van der Waals surface area contributed by atoms with Gasteiger partial charge in [-0.15, -0.1) is 0 Å². The molecule has 4 bridgehead atoms. The van der Waals surface area contributed by atoms with Crippen molar-refractivity contribution in [2.45, 2.75) is 19.3 Å². The molecule has 5 aliphatic carbocycles. The molecule has 0 N–H and O–H groups in total. The second kappa shape index (κ2) is 2.36. The van der Waals surface area contributed by atoms with Crippen LogP contribution in [-0.2, 0) is 19.1 Å². The van der Waals surface area contributed by atoms with E-state index in [1.165, 1.54) is 14.2 Å². The van der Waals surface area contributed by atoms with Crippen molar-refractivity contribution in [2.24, 2.45) is 22.7 Å². The molecular weight excluding hydrogens is 196 g/mol. The molecule has 5 fully saturated rings. The van der Waals surface area contributed by atoms with Crippen LogP contribution < -0.4 is 0 Å². The van der Waals surface area contributed by atoms with Gasteiger partial charge in [0.1, 0.15) is 0 Å². The van der Waals surface area contributed by atoms with Crippen LogP contribution in [0.3, 0.4) is 0 Å². The Morgan fingerprint density at radius 3 is 1.73 bits per heavy atom. The van der Waals surface area contributed by atoms with Crippen LogP contribution in [0.2, 0.25) is 0 Å². The fourth-order valence-corrected chi connectivity index (χ4v) is 4.48. The first-order valence-corrected chi connectivity index (χ1v) is 5.31. The zero-order valence-electron chi connectivity index (χ0n) is 8.91. The first-order chi connectivity index (χ1) is 7.14. The summed E-state index contributed by atoms with van der Waals surface area (Å²) in [5.41, 5.74) is -0.633. The van der Waals surface area contributed by atoms with Gasteiger partial charge < -0.3 is 9.47 Å². The van der Waals surface area contributed by atoms with Crippen LogP contribution in [0.5, 0.6) is 0 Å². The number of fused-ring (bicyclic) bond motifs is 1. The van der Waals surface area contributed by atoms with E-state index in [0.717, 1.165) is 12.8 Å². The van der Waals surface area contributed by atoms with Gasteiger partial charge in [-0.05, 0) is 31.1 Å². The van der Waals surface area contributed by atoms with E-state index in [1.807, 2.05) is 0 Å². The summed E-state index contributed by atoms with van der Waals surface area (Å²) in [6.07, 6.45) is 2.58. The van der Waals surface area contributed by atoms with Crippen LogP contribution in [-0.4, -0.2) is 26.2 Å². The molecule has 0 spiro atoms. The molecule has 5 rings (SSSR count). The molecule has 0 atom stereocenters. The Labute approximate surface area is 87.9 Å². The lowest BCUT2D eigenvalue weighted by molar-refractivity contribution is -0.289. The van der Waals surface area contributed by atoms with Gasteiger partial charge in [-0.1, -0.05) is 0 Å². The molecule has 4 heteroatoms. The van der Waals surface area contributed by atoms with E-state index in [-0.39, 0.29) is 34.6 Å². The van der Waals surface area contributed by atoms with Gasteiger partial charge in [0, 0.05) is 0 Å². The molecule has 0 unspecified atom stereocenters. The number of hydrogen-bond acceptors (Lipinski definition) is 4. The highest BCUT2D eigenvalue weighted by Crippen LogP contribution is 2.87. The number of hydrogen-bond donors (Lipinski definition) is 0. The monoisotopic (exact) mass is 210 g/mol. The van der Waals surface area contributed by atoms with Crippen molar-refractivity contribution in [3.8, 4) is 0 Å². The summed E-state index contributed by atoms with van der Waals surface area (Å²) in [5.74, 6) is 0.131. The van der Waals surface area contributed by atoms with Gasteiger partial charge in [0.2, 0.25) is 0 Å². The molecule has 0 aromatic carbocycles. The standard InChI is InChI=1S/C11H14O4/c1-14-8(12)10-5-11(9(13)15-2)6(10)3-4-7(10)11/h6-7H,3-5H2,1-2H3. The van der Waals surface area contributed by atoms with Gasteiger partial charge in [-0.2, -0.15) is 0 Å². The minimum atomic E-state index is -0.317. The molecule has 82 valence electrons. The molecule has 0 saturated heterocycles.